The Bertz CT molecular complexity index is 3160. The Balaban J connectivity index is 0.000000174. The summed E-state index contributed by atoms with van der Waals surface area (Å²) < 4.78 is 12.0. The molecule has 0 saturated heterocycles. The normalized spacial score (nSPS) is 12.1. The Kier molecular flexibility index (Phi) is 15.0. The first-order chi connectivity index (χ1) is 30.9. The summed E-state index contributed by atoms with van der Waals surface area (Å²) >= 11 is 0. The van der Waals surface area contributed by atoms with Gasteiger partial charge < -0.3 is 23.9 Å². The number of pyridine rings is 4. The number of aryl methyl sites for hydroxylation is 2. The van der Waals surface area contributed by atoms with Gasteiger partial charge in [-0.05, 0) is 90.5 Å². The number of hydrogen-bond acceptors (Lipinski definition) is 8. The van der Waals surface area contributed by atoms with Crippen LogP contribution in [-0.4, -0.2) is 30.8 Å². The maximum Gasteiger partial charge on any atom is 0.216 e. The van der Waals surface area contributed by atoms with E-state index >= 15 is 0 Å². The van der Waals surface area contributed by atoms with Crippen molar-refractivity contribution in [2.24, 2.45) is 10.8 Å². The van der Waals surface area contributed by atoms with Gasteiger partial charge in [-0.2, -0.15) is 0 Å². The van der Waals surface area contributed by atoms with E-state index in [1.165, 1.54) is 17.2 Å². The quantitative estimate of drug-likeness (QED) is 0.0909. The Hall–Kier alpha value is -6.28. The zero-order chi connectivity index (χ0) is 46.7. The number of hydrogen-bond donors (Lipinski definition) is 1. The molecule has 0 bridgehead atoms. The van der Waals surface area contributed by atoms with Crippen molar-refractivity contribution in [2.75, 3.05) is 0 Å². The zero-order valence-corrected chi connectivity index (χ0v) is 42.2. The smallest absolute Gasteiger partial charge is 0.216 e. The largest absolute Gasteiger partial charge is 0.512 e. The van der Waals surface area contributed by atoms with Crippen molar-refractivity contribution in [3.63, 3.8) is 0 Å². The number of fused-ring (bicyclic) bond motifs is 6. The summed E-state index contributed by atoms with van der Waals surface area (Å²) in [6.07, 6.45) is 6.69. The van der Waals surface area contributed by atoms with Crippen LogP contribution in [0.2, 0.25) is 0 Å². The molecule has 8 nitrogen and oxygen atoms in total. The second-order valence-corrected chi connectivity index (χ2v) is 18.9. The predicted octanol–water partition coefficient (Wildman–Crippen LogP) is 15.1. The molecule has 3 aromatic carbocycles. The van der Waals surface area contributed by atoms with Crippen LogP contribution in [0.4, 0.5) is 0 Å². The topological polar surface area (TPSA) is 115 Å². The van der Waals surface area contributed by atoms with Crippen LogP contribution in [0.25, 0.3) is 77.8 Å². The summed E-state index contributed by atoms with van der Waals surface area (Å²) in [5.41, 5.74) is 11.2. The number of aliphatic hydroxyl groups is 1. The van der Waals surface area contributed by atoms with E-state index in [1.807, 2.05) is 128 Å². The second-order valence-electron chi connectivity index (χ2n) is 18.9. The van der Waals surface area contributed by atoms with Gasteiger partial charge in [0.1, 0.15) is 5.76 Å². The van der Waals surface area contributed by atoms with Gasteiger partial charge in [-0.3, -0.25) is 4.79 Å². The number of rotatable bonds is 8. The molecule has 0 atom stereocenters. The average Bonchev–Trinajstić information content (AvgIpc) is 3.87. The van der Waals surface area contributed by atoms with Crippen molar-refractivity contribution in [3.8, 4) is 33.6 Å². The number of carbonyl (C=O) groups is 1. The number of furan rings is 2. The molecular weight excluding hydrogens is 997 g/mol. The molecule has 6 heterocycles. The van der Waals surface area contributed by atoms with Gasteiger partial charge in [-0.15, -0.1) is 36.4 Å². The molecule has 9 aromatic rings. The van der Waals surface area contributed by atoms with Crippen molar-refractivity contribution in [1.29, 1.82) is 0 Å². The molecule has 0 aliphatic heterocycles. The van der Waals surface area contributed by atoms with E-state index in [0.717, 1.165) is 85.0 Å². The van der Waals surface area contributed by atoms with Crippen LogP contribution in [0.5, 0.6) is 0 Å². The standard InChI is InChI=1S/C27H23N2O.C17H11N2O.C13H24O2.Ir/c1-17-11-13-22-21-9-6-10-23(25(21)30-26(22)29-17)24-14-12-19(16-28-24)18-7-5-8-20(15-18)27(2,3)4;1-11-8-9-13-12-5-4-6-14(15-7-2-3-10-18-15)16(12)20-17(13)19-11;1-7-12(3,4)10(14)9-11(15)13(5,6)8-2;/h5-9,11-16H,1-4H3;2-5,7-10H,1H3;9,14H,7-8H2,1-6H3;/q2*-1;;/b;;10-9-;. The molecule has 0 spiro atoms. The molecule has 1 radical (unpaired) electrons. The second kappa shape index (κ2) is 20.1. The summed E-state index contributed by atoms with van der Waals surface area (Å²) in [6.45, 7) is 22.3. The summed E-state index contributed by atoms with van der Waals surface area (Å²) in [5.74, 6) is 0.195. The van der Waals surface area contributed by atoms with Crippen molar-refractivity contribution in [3.05, 3.63) is 156 Å². The van der Waals surface area contributed by atoms with Crippen molar-refractivity contribution in [1.82, 2.24) is 19.9 Å². The Morgan fingerprint density at radius 3 is 1.68 bits per heavy atom. The third-order valence-corrected chi connectivity index (χ3v) is 12.3. The number of benzene rings is 3. The van der Waals surface area contributed by atoms with Gasteiger partial charge in [0.25, 0.3) is 0 Å². The van der Waals surface area contributed by atoms with E-state index in [2.05, 4.69) is 84.3 Å². The first kappa shape index (κ1) is 49.2. The van der Waals surface area contributed by atoms with E-state index in [4.69, 9.17) is 13.8 Å². The zero-order valence-electron chi connectivity index (χ0n) is 39.8. The van der Waals surface area contributed by atoms with Crippen LogP contribution in [0, 0.1) is 36.8 Å². The summed E-state index contributed by atoms with van der Waals surface area (Å²) in [7, 11) is 0. The summed E-state index contributed by atoms with van der Waals surface area (Å²) in [6, 6.07) is 41.1. The summed E-state index contributed by atoms with van der Waals surface area (Å²) in [4.78, 5) is 29.9. The number of carbonyl (C=O) groups excluding carboxylic acids is 1. The van der Waals surface area contributed by atoms with Gasteiger partial charge in [0.05, 0.1) is 11.2 Å². The van der Waals surface area contributed by atoms with Crippen LogP contribution in [0.1, 0.15) is 92.1 Å². The van der Waals surface area contributed by atoms with Gasteiger partial charge in [-0.1, -0.05) is 133 Å². The number of ketones is 1. The fourth-order valence-electron chi connectivity index (χ4n) is 7.07. The SMILES string of the molecule is CCC(C)(C)C(=O)/C=C(\O)C(C)(C)CC.Cc1ccc2c(n1)oc1c(-c3ccc(-c4cccc(C(C)(C)C)c4)cn3)[c-]ccc12.Cc1ccc2c(n1)oc1c(-c3ccccn3)[c-]ccc12.[Ir]. The van der Waals surface area contributed by atoms with Crippen molar-refractivity contribution < 1.29 is 38.8 Å². The van der Waals surface area contributed by atoms with Crippen LogP contribution in [0.3, 0.4) is 0 Å². The van der Waals surface area contributed by atoms with Gasteiger partial charge >= 0.3 is 0 Å². The Morgan fingerprint density at radius 2 is 1.20 bits per heavy atom. The van der Waals surface area contributed by atoms with Gasteiger partial charge in [-0.25, -0.2) is 9.97 Å². The molecule has 0 amide bonds. The molecule has 9 rings (SSSR count). The minimum atomic E-state index is -0.377. The number of aliphatic hydroxyl groups excluding tert-OH is 1. The Labute approximate surface area is 402 Å². The summed E-state index contributed by atoms with van der Waals surface area (Å²) in [5, 5.41) is 14.0. The maximum atomic E-state index is 11.8. The fraction of sp³-hybridized carbons (Fsp3) is 0.281. The number of nitrogens with zero attached hydrogens (tertiary/aromatic N) is 4. The number of aromatic nitrogens is 4. The van der Waals surface area contributed by atoms with Gasteiger partial charge in [0.15, 0.2) is 5.78 Å². The first-order valence-corrected chi connectivity index (χ1v) is 22.3. The molecule has 341 valence electrons. The molecule has 66 heavy (non-hydrogen) atoms. The molecule has 0 aliphatic carbocycles. The Morgan fingerprint density at radius 1 is 0.636 bits per heavy atom. The van der Waals surface area contributed by atoms with Crippen LogP contribution < -0.4 is 0 Å². The number of allylic oxidation sites excluding steroid dienone is 2. The molecule has 9 heteroatoms. The van der Waals surface area contributed by atoms with Crippen molar-refractivity contribution >= 4 is 49.9 Å². The van der Waals surface area contributed by atoms with E-state index in [9.17, 15) is 9.90 Å². The van der Waals surface area contributed by atoms with E-state index < -0.39 is 0 Å². The molecule has 0 unspecified atom stereocenters. The van der Waals surface area contributed by atoms with E-state index in [1.54, 1.807) is 6.20 Å². The minimum Gasteiger partial charge on any atom is -0.512 e. The van der Waals surface area contributed by atoms with Crippen LogP contribution in [-0.2, 0) is 30.3 Å². The molecule has 1 N–H and O–H groups in total. The third-order valence-electron chi connectivity index (χ3n) is 12.3. The van der Waals surface area contributed by atoms with E-state index in [0.29, 0.717) is 11.4 Å². The van der Waals surface area contributed by atoms with Crippen LogP contribution in [0.15, 0.2) is 136 Å². The predicted molar refractivity (Wildman–Crippen MR) is 265 cm³/mol. The first-order valence-electron chi connectivity index (χ1n) is 22.3. The average molecular weight is 1060 g/mol. The van der Waals surface area contributed by atoms with Crippen molar-refractivity contribution in [2.45, 2.75) is 94.4 Å². The molecular formula is C57H58IrN4O4-2. The fourth-order valence-corrected chi connectivity index (χ4v) is 7.07. The van der Waals surface area contributed by atoms with Gasteiger partial charge in [0, 0.05) is 71.6 Å². The van der Waals surface area contributed by atoms with Crippen LogP contribution >= 0.6 is 0 Å². The molecule has 0 saturated carbocycles. The minimum absolute atomic E-state index is 0. The molecule has 0 aliphatic rings. The third kappa shape index (κ3) is 10.7. The monoisotopic (exact) mass is 1060 g/mol. The van der Waals surface area contributed by atoms with Gasteiger partial charge in [0.2, 0.25) is 11.4 Å². The molecule has 6 aromatic heterocycles. The maximum absolute atomic E-state index is 11.8. The van der Waals surface area contributed by atoms with E-state index in [-0.39, 0.29) is 47.9 Å². The molecule has 0 fully saturated rings.